The molecule has 9 heteroatoms. The second-order valence-electron chi connectivity index (χ2n) is 5.19. The van der Waals surface area contributed by atoms with Crippen LogP contribution in [0, 0.1) is 0 Å². The van der Waals surface area contributed by atoms with Gasteiger partial charge in [-0.3, -0.25) is 4.79 Å². The smallest absolute Gasteiger partial charge is 0.337 e. The van der Waals surface area contributed by atoms with Crippen molar-refractivity contribution in [1.29, 1.82) is 0 Å². The monoisotopic (exact) mass is 411 g/mol. The molecular weight excluding hydrogens is 397 g/mol. The summed E-state index contributed by atoms with van der Waals surface area (Å²) in [4.78, 5) is 35.7. The fourth-order valence-corrected chi connectivity index (χ4v) is 2.43. The molecule has 0 radical (unpaired) electrons. The van der Waals surface area contributed by atoms with Crippen molar-refractivity contribution in [2.45, 2.75) is 0 Å². The van der Waals surface area contributed by atoms with Crippen molar-refractivity contribution in [3.05, 3.63) is 57.6 Å². The van der Waals surface area contributed by atoms with E-state index in [1.54, 1.807) is 12.1 Å². The van der Waals surface area contributed by atoms with Gasteiger partial charge in [0.05, 0.1) is 30.4 Å². The second kappa shape index (κ2) is 9.25. The maximum Gasteiger partial charge on any atom is 0.337 e. The van der Waals surface area contributed by atoms with Crippen molar-refractivity contribution in [3.63, 3.8) is 0 Å². The number of nitrogens with one attached hydrogen (secondary N) is 1. The van der Waals surface area contributed by atoms with Crippen LogP contribution in [0.2, 0.25) is 10.0 Å². The Morgan fingerprint density at radius 2 is 1.52 bits per heavy atom. The summed E-state index contributed by atoms with van der Waals surface area (Å²) in [6.45, 7) is -0.365. The Morgan fingerprint density at radius 1 is 0.926 bits per heavy atom. The average molecular weight is 412 g/mol. The van der Waals surface area contributed by atoms with E-state index in [-0.39, 0.29) is 29.2 Å². The zero-order valence-corrected chi connectivity index (χ0v) is 15.9. The van der Waals surface area contributed by atoms with E-state index in [9.17, 15) is 14.4 Å². The molecule has 0 saturated carbocycles. The summed E-state index contributed by atoms with van der Waals surface area (Å²) in [7, 11) is 2.40. The van der Waals surface area contributed by atoms with Crippen LogP contribution in [0.3, 0.4) is 0 Å². The molecule has 142 valence electrons. The molecule has 2 aromatic rings. The third-order valence-electron chi connectivity index (χ3n) is 3.31. The molecule has 0 unspecified atom stereocenters. The van der Waals surface area contributed by atoms with Crippen LogP contribution >= 0.6 is 23.2 Å². The highest BCUT2D eigenvalue weighted by molar-refractivity contribution is 6.34. The highest BCUT2D eigenvalue weighted by Gasteiger charge is 2.15. The lowest BCUT2D eigenvalue weighted by Gasteiger charge is -2.11. The number of rotatable bonds is 6. The van der Waals surface area contributed by atoms with Gasteiger partial charge in [0.2, 0.25) is 0 Å². The van der Waals surface area contributed by atoms with Crippen molar-refractivity contribution in [2.24, 2.45) is 0 Å². The minimum atomic E-state index is -0.668. The van der Waals surface area contributed by atoms with Crippen molar-refractivity contribution in [1.82, 2.24) is 0 Å². The summed E-state index contributed by atoms with van der Waals surface area (Å²) in [5.74, 6) is -1.63. The Morgan fingerprint density at radius 3 is 2.07 bits per heavy atom. The van der Waals surface area contributed by atoms with E-state index in [2.05, 4.69) is 14.8 Å². The Labute approximate surface area is 165 Å². The van der Waals surface area contributed by atoms with Crippen LogP contribution in [0.1, 0.15) is 20.7 Å². The van der Waals surface area contributed by atoms with Gasteiger partial charge in [0, 0.05) is 16.8 Å². The molecule has 0 aliphatic heterocycles. The normalized spacial score (nSPS) is 10.1. The molecule has 0 fully saturated rings. The Bertz CT molecular complexity index is 850. The van der Waals surface area contributed by atoms with Crippen LogP contribution in [0.4, 0.5) is 5.69 Å². The summed E-state index contributed by atoms with van der Waals surface area (Å²) in [5.41, 5.74) is 0.355. The molecule has 2 aromatic carbocycles. The average Bonchev–Trinajstić information content (AvgIpc) is 2.67. The van der Waals surface area contributed by atoms with Crippen LogP contribution in [0.25, 0.3) is 0 Å². The highest BCUT2D eigenvalue weighted by Crippen LogP contribution is 2.27. The number of esters is 2. The molecule has 7 nitrogen and oxygen atoms in total. The molecule has 0 aliphatic rings. The third-order valence-corrected chi connectivity index (χ3v) is 3.86. The van der Waals surface area contributed by atoms with Gasteiger partial charge >= 0.3 is 11.9 Å². The minimum absolute atomic E-state index is 0.0782. The van der Waals surface area contributed by atoms with Crippen LogP contribution in [-0.2, 0) is 14.3 Å². The highest BCUT2D eigenvalue weighted by atomic mass is 35.5. The quantitative estimate of drug-likeness (QED) is 0.730. The number of carbonyl (C=O) groups is 3. The van der Waals surface area contributed by atoms with E-state index in [0.717, 1.165) is 0 Å². The maximum absolute atomic E-state index is 12.1. The first-order valence-electron chi connectivity index (χ1n) is 7.53. The molecule has 0 spiro atoms. The Hall–Kier alpha value is -2.77. The van der Waals surface area contributed by atoms with Gasteiger partial charge in [0.15, 0.2) is 6.61 Å². The Balaban J connectivity index is 2.15. The van der Waals surface area contributed by atoms with Gasteiger partial charge in [0.1, 0.15) is 5.75 Å². The molecule has 0 heterocycles. The molecule has 1 N–H and O–H groups in total. The summed E-state index contributed by atoms with van der Waals surface area (Å²) < 4.78 is 14.6. The number of hydrogen-bond donors (Lipinski definition) is 1. The number of anilines is 1. The maximum atomic E-state index is 12.1. The summed E-state index contributed by atoms with van der Waals surface area (Å²) in [5, 5.41) is 3.23. The molecular formula is C18H15Cl2NO6. The van der Waals surface area contributed by atoms with Crippen LogP contribution in [0.5, 0.6) is 5.75 Å². The number of benzene rings is 2. The molecule has 0 atom stereocenters. The first kappa shape index (κ1) is 20.5. The van der Waals surface area contributed by atoms with E-state index >= 15 is 0 Å². The summed E-state index contributed by atoms with van der Waals surface area (Å²) in [6.07, 6.45) is 0. The number of hydrogen-bond acceptors (Lipinski definition) is 6. The SMILES string of the molecule is COC(=O)c1cc(NC(=O)COc2cc(Cl)ccc2Cl)cc(C(=O)OC)c1. The van der Waals surface area contributed by atoms with Crippen LogP contribution < -0.4 is 10.1 Å². The lowest BCUT2D eigenvalue weighted by Crippen LogP contribution is -2.21. The minimum Gasteiger partial charge on any atom is -0.482 e. The molecule has 0 saturated heterocycles. The predicted molar refractivity (Wildman–Crippen MR) is 99.7 cm³/mol. The van der Waals surface area contributed by atoms with Gasteiger partial charge in [-0.25, -0.2) is 9.59 Å². The molecule has 2 rings (SSSR count). The zero-order chi connectivity index (χ0) is 20.0. The standard InChI is InChI=1S/C18H15Cl2NO6/c1-25-17(23)10-5-11(18(24)26-2)7-13(6-10)21-16(22)9-27-15-8-12(19)3-4-14(15)20/h3-8H,9H2,1-2H3,(H,21,22). The third kappa shape index (κ3) is 5.60. The zero-order valence-electron chi connectivity index (χ0n) is 14.4. The van der Waals surface area contributed by atoms with Gasteiger partial charge in [-0.15, -0.1) is 0 Å². The lowest BCUT2D eigenvalue weighted by atomic mass is 10.1. The Kier molecular flexibility index (Phi) is 7.04. The first-order valence-corrected chi connectivity index (χ1v) is 8.29. The van der Waals surface area contributed by atoms with Crippen molar-refractivity contribution in [3.8, 4) is 5.75 Å². The molecule has 0 bridgehead atoms. The molecule has 1 amide bonds. The molecule has 27 heavy (non-hydrogen) atoms. The number of carbonyl (C=O) groups excluding carboxylic acids is 3. The summed E-state index contributed by atoms with van der Waals surface area (Å²) >= 11 is 11.8. The van der Waals surface area contributed by atoms with E-state index in [1.807, 2.05) is 0 Å². The van der Waals surface area contributed by atoms with Crippen LogP contribution in [0.15, 0.2) is 36.4 Å². The molecule has 0 aliphatic carbocycles. The van der Waals surface area contributed by atoms with Gasteiger partial charge in [0.25, 0.3) is 5.91 Å². The number of methoxy groups -OCH3 is 2. The van der Waals surface area contributed by atoms with E-state index in [1.165, 1.54) is 38.5 Å². The van der Waals surface area contributed by atoms with Gasteiger partial charge < -0.3 is 19.5 Å². The topological polar surface area (TPSA) is 90.9 Å². The first-order chi connectivity index (χ1) is 12.8. The van der Waals surface area contributed by atoms with Crippen molar-refractivity contribution >= 4 is 46.7 Å². The van der Waals surface area contributed by atoms with E-state index in [4.69, 9.17) is 27.9 Å². The number of amides is 1. The van der Waals surface area contributed by atoms with Gasteiger partial charge in [-0.1, -0.05) is 23.2 Å². The largest absolute Gasteiger partial charge is 0.482 e. The van der Waals surface area contributed by atoms with Gasteiger partial charge in [-0.2, -0.15) is 0 Å². The lowest BCUT2D eigenvalue weighted by molar-refractivity contribution is -0.118. The fourth-order valence-electron chi connectivity index (χ4n) is 2.10. The number of ether oxygens (including phenoxy) is 3. The summed E-state index contributed by atoms with van der Waals surface area (Å²) in [6, 6.07) is 8.63. The van der Waals surface area contributed by atoms with Crippen LogP contribution in [-0.4, -0.2) is 38.7 Å². The number of halogens is 2. The van der Waals surface area contributed by atoms with Crippen molar-refractivity contribution < 1.29 is 28.6 Å². The molecule has 0 aromatic heterocycles. The second-order valence-corrected chi connectivity index (χ2v) is 6.04. The fraction of sp³-hybridized carbons (Fsp3) is 0.167. The van der Waals surface area contributed by atoms with E-state index < -0.39 is 17.8 Å². The van der Waals surface area contributed by atoms with Gasteiger partial charge in [-0.05, 0) is 30.3 Å². The predicted octanol–water partition coefficient (Wildman–Crippen LogP) is 3.58. The van der Waals surface area contributed by atoms with E-state index in [0.29, 0.717) is 10.0 Å². The van der Waals surface area contributed by atoms with Crippen molar-refractivity contribution in [2.75, 3.05) is 26.1 Å².